The molecule has 0 saturated carbocycles. The van der Waals surface area contributed by atoms with Gasteiger partial charge >= 0.3 is 0 Å². The van der Waals surface area contributed by atoms with Crippen LogP contribution in [0.25, 0.3) is 17.0 Å². The van der Waals surface area contributed by atoms with Gasteiger partial charge in [-0.3, -0.25) is 0 Å². The summed E-state index contributed by atoms with van der Waals surface area (Å²) in [5.74, 6) is 1.18. The lowest BCUT2D eigenvalue weighted by Crippen LogP contribution is -2.14. The Kier molecular flexibility index (Phi) is 4.33. The zero-order chi connectivity index (χ0) is 19.8. The number of nitrogen functional groups attached to an aromatic ring is 1. The van der Waals surface area contributed by atoms with Crippen molar-refractivity contribution in [2.24, 2.45) is 0 Å². The number of imidazole rings is 1. The molecule has 0 radical (unpaired) electrons. The highest BCUT2D eigenvalue weighted by Gasteiger charge is 2.30. The van der Waals surface area contributed by atoms with Crippen molar-refractivity contribution in [2.45, 2.75) is 12.1 Å². The largest absolute Gasteiger partial charge is 0.438 e. The lowest BCUT2D eigenvalue weighted by Gasteiger charge is -2.14. The third-order valence-electron chi connectivity index (χ3n) is 5.06. The van der Waals surface area contributed by atoms with Crippen LogP contribution in [0.15, 0.2) is 60.8 Å². The highest BCUT2D eigenvalue weighted by atomic mass is 19.1. The molecule has 4 heterocycles. The van der Waals surface area contributed by atoms with Crippen LogP contribution in [0.1, 0.15) is 11.5 Å². The quantitative estimate of drug-likeness (QED) is 0.556. The van der Waals surface area contributed by atoms with E-state index in [1.54, 1.807) is 16.8 Å². The van der Waals surface area contributed by atoms with Gasteiger partial charge in [-0.05, 0) is 24.3 Å². The van der Waals surface area contributed by atoms with E-state index in [1.807, 2.05) is 48.5 Å². The predicted molar refractivity (Wildman–Crippen MR) is 108 cm³/mol. The number of ether oxygens (including phenoxy) is 1. The molecule has 146 valence electrons. The molecule has 0 amide bonds. The molecule has 0 spiro atoms. The van der Waals surface area contributed by atoms with Crippen LogP contribution in [-0.4, -0.2) is 38.8 Å². The summed E-state index contributed by atoms with van der Waals surface area (Å²) >= 11 is 0. The third-order valence-corrected chi connectivity index (χ3v) is 5.06. The van der Waals surface area contributed by atoms with Crippen LogP contribution < -0.4 is 15.8 Å². The summed E-state index contributed by atoms with van der Waals surface area (Å²) in [5.41, 5.74) is 8.84. The number of benzene rings is 1. The molecule has 5 rings (SSSR count). The number of halogens is 1. The highest BCUT2D eigenvalue weighted by molar-refractivity contribution is 5.62. The number of anilines is 1. The minimum atomic E-state index is -0.958. The second-order valence-electron chi connectivity index (χ2n) is 6.95. The first-order chi connectivity index (χ1) is 14.2. The molecule has 7 nitrogen and oxygen atoms in total. The first kappa shape index (κ1) is 17.6. The van der Waals surface area contributed by atoms with Crippen molar-refractivity contribution in [3.05, 3.63) is 66.4 Å². The van der Waals surface area contributed by atoms with Gasteiger partial charge < -0.3 is 15.8 Å². The Bertz CT molecular complexity index is 1160. The average Bonchev–Trinajstić information content (AvgIpc) is 3.34. The Labute approximate surface area is 166 Å². The van der Waals surface area contributed by atoms with Crippen LogP contribution in [0.4, 0.5) is 10.2 Å². The lowest BCUT2D eigenvalue weighted by atomic mass is 9.97. The Hall–Kier alpha value is -3.52. The van der Waals surface area contributed by atoms with Gasteiger partial charge in [0.25, 0.3) is 0 Å². The molecule has 0 unspecified atom stereocenters. The van der Waals surface area contributed by atoms with Gasteiger partial charge in [0.15, 0.2) is 5.65 Å². The van der Waals surface area contributed by atoms with Crippen LogP contribution in [0.2, 0.25) is 0 Å². The second-order valence-corrected chi connectivity index (χ2v) is 6.95. The van der Waals surface area contributed by atoms with E-state index in [4.69, 9.17) is 10.5 Å². The molecule has 1 fully saturated rings. The molecule has 29 heavy (non-hydrogen) atoms. The van der Waals surface area contributed by atoms with Gasteiger partial charge in [0.1, 0.15) is 23.4 Å². The molecule has 1 aromatic carbocycles. The molecule has 0 bridgehead atoms. The number of nitrogens with one attached hydrogen (secondary N) is 1. The van der Waals surface area contributed by atoms with Crippen molar-refractivity contribution >= 4 is 11.5 Å². The Balaban J connectivity index is 1.50. The molecule has 8 heteroatoms. The van der Waals surface area contributed by atoms with E-state index < -0.39 is 6.17 Å². The summed E-state index contributed by atoms with van der Waals surface area (Å²) in [7, 11) is 0. The summed E-state index contributed by atoms with van der Waals surface area (Å²) < 4.78 is 21.6. The van der Waals surface area contributed by atoms with Crippen molar-refractivity contribution in [1.29, 1.82) is 0 Å². The third kappa shape index (κ3) is 3.27. The number of nitrogens with zero attached hydrogens (tertiary/aromatic N) is 4. The molecule has 4 aromatic rings. The van der Waals surface area contributed by atoms with E-state index in [-0.39, 0.29) is 5.92 Å². The molecule has 0 aliphatic carbocycles. The molecule has 3 N–H and O–H groups in total. The second kappa shape index (κ2) is 7.14. The fourth-order valence-corrected chi connectivity index (χ4v) is 3.59. The summed E-state index contributed by atoms with van der Waals surface area (Å²) in [5, 5.41) is 7.57. The first-order valence-electron chi connectivity index (χ1n) is 9.38. The summed E-state index contributed by atoms with van der Waals surface area (Å²) in [6.07, 6.45) is 0.727. The lowest BCUT2D eigenvalue weighted by molar-refractivity contribution is 0.332. The van der Waals surface area contributed by atoms with Gasteiger partial charge in [0, 0.05) is 30.6 Å². The number of pyridine rings is 1. The maximum Gasteiger partial charge on any atom is 0.237 e. The van der Waals surface area contributed by atoms with Crippen LogP contribution in [0.3, 0.4) is 0 Å². The SMILES string of the molecule is Nc1nc(-c2cnc3ccc(Oc4ccccc4)nn23)ccc1[C@H]1CNC[C@H]1F. The molecular formula is C21H19FN6O. The van der Waals surface area contributed by atoms with Crippen LogP contribution in [-0.2, 0) is 0 Å². The maximum absolute atomic E-state index is 14.1. The van der Waals surface area contributed by atoms with E-state index in [0.29, 0.717) is 47.6 Å². The van der Waals surface area contributed by atoms with E-state index in [0.717, 1.165) is 5.56 Å². The Morgan fingerprint density at radius 3 is 2.69 bits per heavy atom. The molecule has 1 aliphatic rings. The summed E-state index contributed by atoms with van der Waals surface area (Å²) in [6.45, 7) is 0.900. The summed E-state index contributed by atoms with van der Waals surface area (Å²) in [4.78, 5) is 8.88. The number of fused-ring (bicyclic) bond motifs is 1. The molecule has 3 aromatic heterocycles. The number of rotatable bonds is 4. The predicted octanol–water partition coefficient (Wildman–Crippen LogP) is 3.19. The zero-order valence-corrected chi connectivity index (χ0v) is 15.5. The molecular weight excluding hydrogens is 371 g/mol. The topological polar surface area (TPSA) is 90.4 Å². The van der Waals surface area contributed by atoms with E-state index >= 15 is 0 Å². The van der Waals surface area contributed by atoms with Crippen molar-refractivity contribution in [1.82, 2.24) is 24.9 Å². The van der Waals surface area contributed by atoms with Crippen LogP contribution in [0.5, 0.6) is 11.6 Å². The fraction of sp³-hybridized carbons (Fsp3) is 0.190. The van der Waals surface area contributed by atoms with Crippen LogP contribution in [0, 0.1) is 0 Å². The van der Waals surface area contributed by atoms with Gasteiger partial charge in [-0.25, -0.2) is 18.9 Å². The smallest absolute Gasteiger partial charge is 0.237 e. The van der Waals surface area contributed by atoms with Crippen LogP contribution >= 0.6 is 0 Å². The molecule has 1 saturated heterocycles. The van der Waals surface area contributed by atoms with Crippen molar-refractivity contribution in [3.63, 3.8) is 0 Å². The number of para-hydroxylation sites is 1. The average molecular weight is 390 g/mol. The van der Waals surface area contributed by atoms with Gasteiger partial charge in [-0.15, -0.1) is 5.10 Å². The van der Waals surface area contributed by atoms with Gasteiger partial charge in [0.05, 0.1) is 11.9 Å². The van der Waals surface area contributed by atoms with E-state index in [1.165, 1.54) is 0 Å². The van der Waals surface area contributed by atoms with Gasteiger partial charge in [-0.2, -0.15) is 0 Å². The molecule has 2 atom stereocenters. The summed E-state index contributed by atoms with van der Waals surface area (Å²) in [6, 6.07) is 16.7. The fourth-order valence-electron chi connectivity index (χ4n) is 3.59. The Morgan fingerprint density at radius 1 is 1.07 bits per heavy atom. The van der Waals surface area contributed by atoms with Crippen molar-refractivity contribution in [2.75, 3.05) is 18.8 Å². The normalized spacial score (nSPS) is 18.9. The minimum Gasteiger partial charge on any atom is -0.438 e. The number of hydrogen-bond acceptors (Lipinski definition) is 6. The Morgan fingerprint density at radius 2 is 1.93 bits per heavy atom. The van der Waals surface area contributed by atoms with Gasteiger partial charge in [-0.1, -0.05) is 24.3 Å². The highest BCUT2D eigenvalue weighted by Crippen LogP contribution is 2.31. The maximum atomic E-state index is 14.1. The number of aromatic nitrogens is 4. The molecule has 1 aliphatic heterocycles. The van der Waals surface area contributed by atoms with Gasteiger partial charge in [0.2, 0.25) is 5.88 Å². The number of alkyl halides is 1. The zero-order valence-electron chi connectivity index (χ0n) is 15.5. The minimum absolute atomic E-state index is 0.275. The monoisotopic (exact) mass is 390 g/mol. The number of hydrogen-bond donors (Lipinski definition) is 2. The first-order valence-corrected chi connectivity index (χ1v) is 9.38. The van der Waals surface area contributed by atoms with E-state index in [9.17, 15) is 4.39 Å². The van der Waals surface area contributed by atoms with E-state index in [2.05, 4.69) is 20.4 Å². The van der Waals surface area contributed by atoms with Crippen molar-refractivity contribution < 1.29 is 9.13 Å². The standard InChI is InChI=1S/C21H19FN6O/c22-16-11-24-10-15(16)14-6-7-17(26-21(14)23)18-12-25-19-8-9-20(27-28(18)19)29-13-4-2-1-3-5-13/h1-9,12,15-16,24H,10-11H2,(H2,23,26)/t15-,16-/m1/s1. The number of nitrogens with two attached hydrogens (primary N) is 1. The van der Waals surface area contributed by atoms with Crippen molar-refractivity contribution in [3.8, 4) is 23.0 Å².